The Balaban J connectivity index is 1.65. The first-order chi connectivity index (χ1) is 14.4. The van der Waals surface area contributed by atoms with E-state index in [0.29, 0.717) is 29.4 Å². The van der Waals surface area contributed by atoms with Gasteiger partial charge in [0.15, 0.2) is 0 Å². The van der Waals surface area contributed by atoms with E-state index in [0.717, 1.165) is 15.6 Å². The minimum atomic E-state index is -0.454. The van der Waals surface area contributed by atoms with Gasteiger partial charge in [-0.3, -0.25) is 20.4 Å². The van der Waals surface area contributed by atoms with Crippen LogP contribution in [0, 0.1) is 5.92 Å². The maximum Gasteiger partial charge on any atom is 0.273 e. The molecule has 0 saturated heterocycles. The standard InChI is InChI=1S/C24H23BrN2O3/c1-16(2)15-30-22-13-12-20(25)14-21(22)24(29)27-26-23(28)19-10-8-18(9-11-19)17-6-4-3-5-7-17/h3-14,16H,15H2,1-2H3,(H,26,28)(H,27,29). The molecule has 0 unspecified atom stereocenters. The smallest absolute Gasteiger partial charge is 0.273 e. The third kappa shape index (κ3) is 5.70. The van der Waals surface area contributed by atoms with Crippen LogP contribution in [-0.4, -0.2) is 18.4 Å². The number of hydrazine groups is 1. The van der Waals surface area contributed by atoms with Gasteiger partial charge in [0.25, 0.3) is 11.8 Å². The molecule has 0 aliphatic heterocycles. The summed E-state index contributed by atoms with van der Waals surface area (Å²) in [5.74, 6) is -0.0686. The molecule has 30 heavy (non-hydrogen) atoms. The molecule has 0 atom stereocenters. The Morgan fingerprint density at radius 1 is 0.867 bits per heavy atom. The highest BCUT2D eigenvalue weighted by molar-refractivity contribution is 9.10. The fraction of sp³-hybridized carbons (Fsp3) is 0.167. The molecule has 5 nitrogen and oxygen atoms in total. The number of hydrogen-bond donors (Lipinski definition) is 2. The van der Waals surface area contributed by atoms with Crippen molar-refractivity contribution < 1.29 is 14.3 Å². The summed E-state index contributed by atoms with van der Waals surface area (Å²) in [6.07, 6.45) is 0. The van der Waals surface area contributed by atoms with Crippen molar-refractivity contribution in [2.45, 2.75) is 13.8 Å². The third-order valence-corrected chi connectivity index (χ3v) is 4.80. The Morgan fingerprint density at radius 2 is 1.50 bits per heavy atom. The maximum absolute atomic E-state index is 12.6. The molecule has 3 aromatic carbocycles. The number of nitrogens with one attached hydrogen (secondary N) is 2. The van der Waals surface area contributed by atoms with Gasteiger partial charge in [-0.2, -0.15) is 0 Å². The molecule has 0 heterocycles. The van der Waals surface area contributed by atoms with Crippen molar-refractivity contribution in [1.29, 1.82) is 0 Å². The van der Waals surface area contributed by atoms with Crippen molar-refractivity contribution in [1.82, 2.24) is 10.9 Å². The van der Waals surface area contributed by atoms with Gasteiger partial charge in [-0.05, 0) is 47.4 Å². The SMILES string of the molecule is CC(C)COc1ccc(Br)cc1C(=O)NNC(=O)c1ccc(-c2ccccc2)cc1. The Labute approximate surface area is 184 Å². The lowest BCUT2D eigenvalue weighted by molar-refractivity contribution is 0.0844. The summed E-state index contributed by atoms with van der Waals surface area (Å²) in [5.41, 5.74) is 7.78. The first-order valence-electron chi connectivity index (χ1n) is 9.62. The van der Waals surface area contributed by atoms with Crippen LogP contribution in [-0.2, 0) is 0 Å². The number of rotatable bonds is 6. The Bertz CT molecular complexity index is 1020. The zero-order chi connectivity index (χ0) is 21.5. The van der Waals surface area contributed by atoms with E-state index in [4.69, 9.17) is 4.74 Å². The summed E-state index contributed by atoms with van der Waals surface area (Å²) in [6, 6.07) is 22.3. The lowest BCUT2D eigenvalue weighted by atomic mass is 10.0. The van der Waals surface area contributed by atoms with E-state index in [-0.39, 0.29) is 0 Å². The topological polar surface area (TPSA) is 67.4 Å². The highest BCUT2D eigenvalue weighted by Crippen LogP contribution is 2.24. The van der Waals surface area contributed by atoms with Crippen LogP contribution in [0.25, 0.3) is 11.1 Å². The lowest BCUT2D eigenvalue weighted by Gasteiger charge is -2.14. The fourth-order valence-corrected chi connectivity index (χ4v) is 3.12. The molecule has 6 heteroatoms. The molecule has 0 aromatic heterocycles. The van der Waals surface area contributed by atoms with Crippen molar-refractivity contribution in [2.24, 2.45) is 5.92 Å². The minimum Gasteiger partial charge on any atom is -0.492 e. The van der Waals surface area contributed by atoms with Crippen molar-refractivity contribution in [3.05, 3.63) is 88.4 Å². The second kappa shape index (κ2) is 10.1. The van der Waals surface area contributed by atoms with Crippen molar-refractivity contribution in [3.63, 3.8) is 0 Å². The van der Waals surface area contributed by atoms with Crippen LogP contribution in [0.4, 0.5) is 0 Å². The number of halogens is 1. The molecule has 3 rings (SSSR count). The third-order valence-electron chi connectivity index (χ3n) is 4.30. The molecule has 3 aromatic rings. The molecular formula is C24H23BrN2O3. The first-order valence-corrected chi connectivity index (χ1v) is 10.4. The average molecular weight is 467 g/mol. The van der Waals surface area contributed by atoms with Crippen molar-refractivity contribution in [3.8, 4) is 16.9 Å². The molecule has 2 N–H and O–H groups in total. The van der Waals surface area contributed by atoms with Gasteiger partial charge in [-0.15, -0.1) is 0 Å². The predicted molar refractivity (Wildman–Crippen MR) is 121 cm³/mol. The highest BCUT2D eigenvalue weighted by Gasteiger charge is 2.15. The normalized spacial score (nSPS) is 10.5. The molecule has 0 aliphatic carbocycles. The minimum absolute atomic E-state index is 0.322. The van der Waals surface area contributed by atoms with Gasteiger partial charge in [0, 0.05) is 10.0 Å². The summed E-state index contributed by atoms with van der Waals surface area (Å²) in [6.45, 7) is 4.55. The monoisotopic (exact) mass is 466 g/mol. The Kier molecular flexibility index (Phi) is 7.25. The Hall–Kier alpha value is -3.12. The summed E-state index contributed by atoms with van der Waals surface area (Å²) < 4.78 is 6.47. The van der Waals surface area contributed by atoms with Gasteiger partial charge in [-0.25, -0.2) is 0 Å². The number of ether oxygens (including phenoxy) is 1. The number of hydrogen-bond acceptors (Lipinski definition) is 3. The molecule has 0 bridgehead atoms. The van der Waals surface area contributed by atoms with E-state index in [9.17, 15) is 9.59 Å². The lowest BCUT2D eigenvalue weighted by Crippen LogP contribution is -2.41. The largest absolute Gasteiger partial charge is 0.492 e. The average Bonchev–Trinajstić information content (AvgIpc) is 2.77. The summed E-state index contributed by atoms with van der Waals surface area (Å²) in [4.78, 5) is 25.0. The van der Waals surface area contributed by atoms with Crippen molar-refractivity contribution in [2.75, 3.05) is 6.61 Å². The van der Waals surface area contributed by atoms with E-state index in [1.807, 2.05) is 56.3 Å². The molecule has 154 valence electrons. The van der Waals surface area contributed by atoms with Crippen molar-refractivity contribution >= 4 is 27.7 Å². The number of amides is 2. The summed E-state index contributed by atoms with van der Waals surface area (Å²) in [5, 5.41) is 0. The number of benzene rings is 3. The van der Waals surface area contributed by atoms with Gasteiger partial charge in [0.05, 0.1) is 12.2 Å². The van der Waals surface area contributed by atoms with Crippen LogP contribution in [0.2, 0.25) is 0 Å². The first kappa shape index (κ1) is 21.6. The zero-order valence-electron chi connectivity index (χ0n) is 16.8. The van der Waals surface area contributed by atoms with E-state index < -0.39 is 11.8 Å². The maximum atomic E-state index is 12.6. The quantitative estimate of drug-likeness (QED) is 0.489. The predicted octanol–water partition coefficient (Wildman–Crippen LogP) is 5.23. The molecule has 2 amide bonds. The highest BCUT2D eigenvalue weighted by atomic mass is 79.9. The van der Waals surface area contributed by atoms with E-state index >= 15 is 0 Å². The van der Waals surface area contributed by atoms with Gasteiger partial charge >= 0.3 is 0 Å². The second-order valence-electron chi connectivity index (χ2n) is 7.20. The van der Waals surface area contributed by atoms with Gasteiger partial charge in [0.1, 0.15) is 5.75 Å². The van der Waals surface area contributed by atoms with Gasteiger partial charge in [0.2, 0.25) is 0 Å². The van der Waals surface area contributed by atoms with E-state index in [1.54, 1.807) is 30.3 Å². The number of carbonyl (C=O) groups is 2. The summed E-state index contributed by atoms with van der Waals surface area (Å²) >= 11 is 3.36. The van der Waals surface area contributed by atoms with Crippen LogP contribution >= 0.6 is 15.9 Å². The van der Waals surface area contributed by atoms with Gasteiger partial charge in [-0.1, -0.05) is 72.2 Å². The molecule has 0 aliphatic rings. The summed E-state index contributed by atoms with van der Waals surface area (Å²) in [7, 11) is 0. The van der Waals surface area contributed by atoms with Crippen LogP contribution in [0.3, 0.4) is 0 Å². The zero-order valence-corrected chi connectivity index (χ0v) is 18.4. The molecule has 0 saturated carbocycles. The fourth-order valence-electron chi connectivity index (χ4n) is 2.76. The van der Waals surface area contributed by atoms with Crippen LogP contribution in [0.5, 0.6) is 5.75 Å². The van der Waals surface area contributed by atoms with Gasteiger partial charge < -0.3 is 4.74 Å². The van der Waals surface area contributed by atoms with E-state index in [1.165, 1.54) is 0 Å². The molecule has 0 fully saturated rings. The van der Waals surface area contributed by atoms with Crippen LogP contribution in [0.15, 0.2) is 77.3 Å². The molecule has 0 spiro atoms. The van der Waals surface area contributed by atoms with E-state index in [2.05, 4.69) is 26.8 Å². The molecular weight excluding hydrogens is 444 g/mol. The molecule has 0 radical (unpaired) electrons. The van der Waals surface area contributed by atoms with Crippen LogP contribution in [0.1, 0.15) is 34.6 Å². The number of carbonyl (C=O) groups excluding carboxylic acids is 2. The Morgan fingerprint density at radius 3 is 2.17 bits per heavy atom. The second-order valence-corrected chi connectivity index (χ2v) is 8.11. The van der Waals surface area contributed by atoms with Crippen LogP contribution < -0.4 is 15.6 Å².